The summed E-state index contributed by atoms with van der Waals surface area (Å²) in [5.74, 6) is 1.55. The second kappa shape index (κ2) is 5.48. The van der Waals surface area contributed by atoms with Crippen molar-refractivity contribution < 1.29 is 4.74 Å². The number of nitrogens with zero attached hydrogens (tertiary/aromatic N) is 4. The van der Waals surface area contributed by atoms with Gasteiger partial charge in [-0.25, -0.2) is 0 Å². The van der Waals surface area contributed by atoms with Crippen LogP contribution in [0.3, 0.4) is 0 Å². The van der Waals surface area contributed by atoms with Crippen LogP contribution in [-0.4, -0.2) is 26.8 Å². The first-order chi connectivity index (χ1) is 10.9. The number of aromatic nitrogens is 4. The Hall–Kier alpha value is -2.89. The van der Waals surface area contributed by atoms with Crippen molar-refractivity contribution in [2.75, 3.05) is 11.9 Å². The number of hydrogen-bond acceptors (Lipinski definition) is 5. The fourth-order valence-electron chi connectivity index (χ4n) is 2.67. The fraction of sp³-hybridized carbons (Fsp3) is 0.188. The highest BCUT2D eigenvalue weighted by Crippen LogP contribution is 2.33. The molecule has 1 N–H and O–H groups in total. The van der Waals surface area contributed by atoms with E-state index < -0.39 is 0 Å². The number of nitrogens with one attached hydrogen (secondary N) is 1. The third kappa shape index (κ3) is 2.28. The lowest BCUT2D eigenvalue weighted by Gasteiger charge is -2.26. The van der Waals surface area contributed by atoms with Crippen LogP contribution >= 0.6 is 0 Å². The summed E-state index contributed by atoms with van der Waals surface area (Å²) in [6, 6.07) is 18.0. The first-order valence-corrected chi connectivity index (χ1v) is 7.24. The standard InChI is InChI=1S/C16H15N5O/c1-2-6-12(7-3-1)21-16(18-19-20-21)17-14-10-11-22-15-9-5-4-8-13(14)15/h1-9,14H,10-11H2,(H,17,18,20). The average molecular weight is 293 g/mol. The van der Waals surface area contributed by atoms with Crippen molar-refractivity contribution in [2.45, 2.75) is 12.5 Å². The normalized spacial score (nSPS) is 16.6. The Balaban J connectivity index is 1.65. The number of anilines is 1. The topological polar surface area (TPSA) is 64.9 Å². The number of hydrogen-bond donors (Lipinski definition) is 1. The molecule has 2 aromatic carbocycles. The Morgan fingerprint density at radius 1 is 1.05 bits per heavy atom. The van der Waals surface area contributed by atoms with E-state index in [1.54, 1.807) is 4.68 Å². The zero-order chi connectivity index (χ0) is 14.8. The van der Waals surface area contributed by atoms with Crippen LogP contribution in [0.15, 0.2) is 54.6 Å². The summed E-state index contributed by atoms with van der Waals surface area (Å²) in [5.41, 5.74) is 2.06. The van der Waals surface area contributed by atoms with Crippen LogP contribution in [0.25, 0.3) is 5.69 Å². The molecule has 0 fully saturated rings. The molecular weight excluding hydrogens is 278 g/mol. The van der Waals surface area contributed by atoms with Gasteiger partial charge in [0.05, 0.1) is 18.3 Å². The molecule has 4 rings (SSSR count). The van der Waals surface area contributed by atoms with Crippen LogP contribution in [0.2, 0.25) is 0 Å². The minimum absolute atomic E-state index is 0.137. The summed E-state index contributed by atoms with van der Waals surface area (Å²) in [6.07, 6.45) is 0.874. The van der Waals surface area contributed by atoms with Crippen LogP contribution in [0, 0.1) is 0 Å². The summed E-state index contributed by atoms with van der Waals surface area (Å²) >= 11 is 0. The van der Waals surface area contributed by atoms with Gasteiger partial charge >= 0.3 is 0 Å². The molecule has 2 heterocycles. The lowest BCUT2D eigenvalue weighted by Crippen LogP contribution is -2.22. The molecule has 0 radical (unpaired) electrons. The van der Waals surface area contributed by atoms with Gasteiger partial charge in [0.1, 0.15) is 5.75 Å². The van der Waals surface area contributed by atoms with E-state index in [1.165, 1.54) is 0 Å². The van der Waals surface area contributed by atoms with Gasteiger partial charge in [0.25, 0.3) is 0 Å². The van der Waals surface area contributed by atoms with Gasteiger partial charge in [0, 0.05) is 12.0 Å². The van der Waals surface area contributed by atoms with E-state index in [9.17, 15) is 0 Å². The number of benzene rings is 2. The van der Waals surface area contributed by atoms with Gasteiger partial charge in [-0.3, -0.25) is 0 Å². The van der Waals surface area contributed by atoms with E-state index in [0.29, 0.717) is 12.6 Å². The first kappa shape index (κ1) is 12.8. The van der Waals surface area contributed by atoms with Gasteiger partial charge in [-0.15, -0.1) is 0 Å². The molecule has 1 unspecified atom stereocenters. The first-order valence-electron chi connectivity index (χ1n) is 7.24. The SMILES string of the molecule is c1ccc(-n2nnnc2NC2CCOc3ccccc32)cc1. The summed E-state index contributed by atoms with van der Waals surface area (Å²) in [7, 11) is 0. The molecule has 0 amide bonds. The molecule has 1 atom stereocenters. The maximum atomic E-state index is 5.69. The maximum absolute atomic E-state index is 5.69. The Labute approximate surface area is 127 Å². The molecule has 0 spiro atoms. The molecular formula is C16H15N5O. The zero-order valence-corrected chi connectivity index (χ0v) is 11.9. The van der Waals surface area contributed by atoms with Gasteiger partial charge in [-0.05, 0) is 28.6 Å². The van der Waals surface area contributed by atoms with Crippen molar-refractivity contribution in [3.8, 4) is 11.4 Å². The third-order valence-electron chi connectivity index (χ3n) is 3.73. The molecule has 6 heteroatoms. The lowest BCUT2D eigenvalue weighted by molar-refractivity contribution is 0.274. The van der Waals surface area contributed by atoms with E-state index in [2.05, 4.69) is 26.9 Å². The van der Waals surface area contributed by atoms with Crippen LogP contribution in [0.1, 0.15) is 18.0 Å². The molecule has 6 nitrogen and oxygen atoms in total. The van der Waals surface area contributed by atoms with Gasteiger partial charge in [0.15, 0.2) is 0 Å². The predicted octanol–water partition coefficient (Wildman–Crippen LogP) is 2.60. The molecule has 0 saturated carbocycles. The number of fused-ring (bicyclic) bond motifs is 1. The molecule has 22 heavy (non-hydrogen) atoms. The second-order valence-electron chi connectivity index (χ2n) is 5.12. The van der Waals surface area contributed by atoms with E-state index >= 15 is 0 Å². The summed E-state index contributed by atoms with van der Waals surface area (Å²) in [4.78, 5) is 0. The van der Waals surface area contributed by atoms with Crippen molar-refractivity contribution in [3.63, 3.8) is 0 Å². The van der Waals surface area contributed by atoms with E-state index in [0.717, 1.165) is 23.4 Å². The van der Waals surface area contributed by atoms with Crippen LogP contribution in [-0.2, 0) is 0 Å². The predicted molar refractivity (Wildman–Crippen MR) is 82.1 cm³/mol. The smallest absolute Gasteiger partial charge is 0.248 e. The lowest BCUT2D eigenvalue weighted by atomic mass is 10.0. The minimum atomic E-state index is 0.137. The van der Waals surface area contributed by atoms with Crippen molar-refractivity contribution in [3.05, 3.63) is 60.2 Å². The van der Waals surface area contributed by atoms with Crippen molar-refractivity contribution in [1.82, 2.24) is 20.2 Å². The summed E-state index contributed by atoms with van der Waals surface area (Å²) < 4.78 is 7.40. The second-order valence-corrected chi connectivity index (χ2v) is 5.12. The highest BCUT2D eigenvalue weighted by molar-refractivity contribution is 5.44. The zero-order valence-electron chi connectivity index (χ0n) is 11.9. The van der Waals surface area contributed by atoms with Gasteiger partial charge < -0.3 is 10.1 Å². The van der Waals surface area contributed by atoms with E-state index in [1.807, 2.05) is 48.5 Å². The van der Waals surface area contributed by atoms with Crippen LogP contribution in [0.5, 0.6) is 5.75 Å². The fourth-order valence-corrected chi connectivity index (χ4v) is 2.67. The maximum Gasteiger partial charge on any atom is 0.248 e. The van der Waals surface area contributed by atoms with Crippen LogP contribution in [0.4, 0.5) is 5.95 Å². The Kier molecular flexibility index (Phi) is 3.19. The average Bonchev–Trinajstić information content (AvgIpc) is 3.04. The molecule has 0 aliphatic carbocycles. The summed E-state index contributed by atoms with van der Waals surface area (Å²) in [5, 5.41) is 15.4. The molecule has 1 aromatic heterocycles. The quantitative estimate of drug-likeness (QED) is 0.804. The van der Waals surface area contributed by atoms with E-state index in [4.69, 9.17) is 4.74 Å². The largest absolute Gasteiger partial charge is 0.493 e. The highest BCUT2D eigenvalue weighted by atomic mass is 16.5. The number of tetrazole rings is 1. The number of rotatable bonds is 3. The number of para-hydroxylation sites is 2. The molecule has 1 aliphatic heterocycles. The molecule has 3 aromatic rings. The Bertz CT molecular complexity index is 771. The van der Waals surface area contributed by atoms with Gasteiger partial charge in [-0.2, -0.15) is 4.68 Å². The Morgan fingerprint density at radius 2 is 1.86 bits per heavy atom. The number of ether oxygens (including phenoxy) is 1. The summed E-state index contributed by atoms with van der Waals surface area (Å²) in [6.45, 7) is 0.682. The third-order valence-corrected chi connectivity index (χ3v) is 3.73. The molecule has 110 valence electrons. The van der Waals surface area contributed by atoms with Crippen LogP contribution < -0.4 is 10.1 Å². The minimum Gasteiger partial charge on any atom is -0.493 e. The van der Waals surface area contributed by atoms with E-state index in [-0.39, 0.29) is 6.04 Å². The van der Waals surface area contributed by atoms with Crippen molar-refractivity contribution >= 4 is 5.95 Å². The molecule has 1 aliphatic rings. The monoisotopic (exact) mass is 293 g/mol. The molecule has 0 bridgehead atoms. The Morgan fingerprint density at radius 3 is 2.77 bits per heavy atom. The van der Waals surface area contributed by atoms with Crippen molar-refractivity contribution in [1.29, 1.82) is 0 Å². The van der Waals surface area contributed by atoms with Crippen molar-refractivity contribution in [2.24, 2.45) is 0 Å². The highest BCUT2D eigenvalue weighted by Gasteiger charge is 2.23. The van der Waals surface area contributed by atoms with Gasteiger partial charge in [-0.1, -0.05) is 41.5 Å². The van der Waals surface area contributed by atoms with Gasteiger partial charge in [0.2, 0.25) is 5.95 Å². The molecule has 0 saturated heterocycles.